The number of esters is 1. The third-order valence-electron chi connectivity index (χ3n) is 2.41. The predicted molar refractivity (Wildman–Crippen MR) is 62.4 cm³/mol. The van der Waals surface area contributed by atoms with Gasteiger partial charge in [0, 0.05) is 0 Å². The molecule has 0 spiro atoms. The van der Waals surface area contributed by atoms with Gasteiger partial charge in [0.05, 0.1) is 18.1 Å². The van der Waals surface area contributed by atoms with Crippen molar-refractivity contribution in [3.8, 4) is 0 Å². The highest BCUT2D eigenvalue weighted by atomic mass is 16.5. The minimum absolute atomic E-state index is 0.0974. The molecule has 1 N–H and O–H groups in total. The summed E-state index contributed by atoms with van der Waals surface area (Å²) in [6, 6.07) is 8.59. The molecule has 0 saturated carbocycles. The van der Waals surface area contributed by atoms with Gasteiger partial charge in [-0.15, -0.1) is 0 Å². The van der Waals surface area contributed by atoms with Gasteiger partial charge in [-0.2, -0.15) is 0 Å². The number of benzene rings is 1. The molecular weight excluding hydrogens is 220 g/mol. The van der Waals surface area contributed by atoms with E-state index in [1.54, 1.807) is 30.3 Å². The van der Waals surface area contributed by atoms with E-state index in [0.717, 1.165) is 0 Å². The van der Waals surface area contributed by atoms with E-state index in [1.807, 2.05) is 0 Å². The summed E-state index contributed by atoms with van der Waals surface area (Å²) in [6.07, 6.45) is 0.579. The summed E-state index contributed by atoms with van der Waals surface area (Å²) in [5.41, 5.74) is 0.467. The minimum atomic E-state index is -0.907. The van der Waals surface area contributed by atoms with Gasteiger partial charge >= 0.3 is 11.9 Å². The van der Waals surface area contributed by atoms with Gasteiger partial charge in [0.25, 0.3) is 0 Å². The summed E-state index contributed by atoms with van der Waals surface area (Å²) in [5.74, 6) is -1.90. The van der Waals surface area contributed by atoms with Crippen LogP contribution in [0.5, 0.6) is 0 Å². The number of hydrogen-bond acceptors (Lipinski definition) is 3. The molecule has 91 valence electrons. The fourth-order valence-corrected chi connectivity index (χ4v) is 1.34. The van der Waals surface area contributed by atoms with E-state index in [2.05, 4.69) is 6.92 Å². The van der Waals surface area contributed by atoms with E-state index in [4.69, 9.17) is 9.84 Å². The number of carboxylic acids is 1. The lowest BCUT2D eigenvalue weighted by Crippen LogP contribution is -2.16. The van der Waals surface area contributed by atoms with Crippen molar-refractivity contribution in [3.63, 3.8) is 0 Å². The van der Waals surface area contributed by atoms with Crippen LogP contribution in [0.4, 0.5) is 0 Å². The third kappa shape index (κ3) is 4.26. The van der Waals surface area contributed by atoms with Crippen molar-refractivity contribution >= 4 is 11.9 Å². The van der Waals surface area contributed by atoms with E-state index in [9.17, 15) is 9.59 Å². The van der Waals surface area contributed by atoms with E-state index in [-0.39, 0.29) is 19.4 Å². The Hall–Kier alpha value is -1.84. The van der Waals surface area contributed by atoms with Gasteiger partial charge in [-0.05, 0) is 25.0 Å². The molecule has 1 aromatic rings. The maximum absolute atomic E-state index is 11.5. The lowest BCUT2D eigenvalue weighted by molar-refractivity contribution is -0.142. The SMILES string of the molecule is [CH2]CC(CCOC(=O)c1ccccc1)C(=O)O. The largest absolute Gasteiger partial charge is 0.481 e. The van der Waals surface area contributed by atoms with Crippen LogP contribution in [-0.4, -0.2) is 23.7 Å². The maximum atomic E-state index is 11.5. The molecule has 0 saturated heterocycles. The van der Waals surface area contributed by atoms with Crippen molar-refractivity contribution in [1.29, 1.82) is 0 Å². The molecule has 1 rings (SSSR count). The molecule has 4 nitrogen and oxygen atoms in total. The van der Waals surface area contributed by atoms with Gasteiger partial charge in [0.2, 0.25) is 0 Å². The predicted octanol–water partition coefficient (Wildman–Crippen LogP) is 2.16. The zero-order valence-electron chi connectivity index (χ0n) is 9.46. The van der Waals surface area contributed by atoms with E-state index >= 15 is 0 Å². The standard InChI is InChI=1S/C13H15O4/c1-2-10(12(14)15)8-9-17-13(16)11-6-4-3-5-7-11/h3-7,10H,1-2,8-9H2,(H,14,15). The molecule has 0 aliphatic rings. The molecule has 1 radical (unpaired) electrons. The Labute approximate surface area is 100 Å². The number of hydrogen-bond donors (Lipinski definition) is 1. The smallest absolute Gasteiger partial charge is 0.338 e. The van der Waals surface area contributed by atoms with E-state index in [0.29, 0.717) is 5.56 Å². The van der Waals surface area contributed by atoms with E-state index < -0.39 is 17.9 Å². The molecule has 0 bridgehead atoms. The van der Waals surface area contributed by atoms with Crippen molar-refractivity contribution in [2.45, 2.75) is 12.8 Å². The summed E-state index contributed by atoms with van der Waals surface area (Å²) >= 11 is 0. The third-order valence-corrected chi connectivity index (χ3v) is 2.41. The second kappa shape index (κ2) is 6.68. The number of ether oxygens (including phenoxy) is 1. The zero-order chi connectivity index (χ0) is 12.7. The van der Waals surface area contributed by atoms with Crippen molar-refractivity contribution in [1.82, 2.24) is 0 Å². The van der Waals surface area contributed by atoms with Crippen LogP contribution in [0.3, 0.4) is 0 Å². The minimum Gasteiger partial charge on any atom is -0.481 e. The first-order chi connectivity index (χ1) is 8.15. The van der Waals surface area contributed by atoms with Gasteiger partial charge in [0.15, 0.2) is 0 Å². The van der Waals surface area contributed by atoms with Crippen LogP contribution < -0.4 is 0 Å². The number of carboxylic acid groups (broad SMARTS) is 1. The molecule has 4 heteroatoms. The maximum Gasteiger partial charge on any atom is 0.338 e. The molecule has 1 unspecified atom stereocenters. The number of carbonyl (C=O) groups excluding carboxylic acids is 1. The molecule has 0 heterocycles. The average Bonchev–Trinajstić information content (AvgIpc) is 2.35. The van der Waals surface area contributed by atoms with Crippen LogP contribution in [0.2, 0.25) is 0 Å². The van der Waals surface area contributed by atoms with Crippen molar-refractivity contribution in [2.75, 3.05) is 6.61 Å². The van der Waals surface area contributed by atoms with Gasteiger partial charge in [0.1, 0.15) is 0 Å². The van der Waals surface area contributed by atoms with Crippen LogP contribution >= 0.6 is 0 Å². The quantitative estimate of drug-likeness (QED) is 0.767. The van der Waals surface area contributed by atoms with Crippen LogP contribution in [0.25, 0.3) is 0 Å². The first kappa shape index (κ1) is 13.2. The monoisotopic (exact) mass is 235 g/mol. The lowest BCUT2D eigenvalue weighted by atomic mass is 10.0. The summed E-state index contributed by atoms with van der Waals surface area (Å²) in [7, 11) is 0. The van der Waals surface area contributed by atoms with Crippen LogP contribution in [0.15, 0.2) is 30.3 Å². The molecule has 0 amide bonds. The molecule has 0 fully saturated rings. The number of aliphatic carboxylic acids is 1. The molecule has 1 atom stereocenters. The molecule has 0 aromatic heterocycles. The van der Waals surface area contributed by atoms with Gasteiger partial charge in [-0.25, -0.2) is 4.79 Å². The van der Waals surface area contributed by atoms with Crippen molar-refractivity contribution < 1.29 is 19.4 Å². The summed E-state index contributed by atoms with van der Waals surface area (Å²) in [4.78, 5) is 22.2. The highest BCUT2D eigenvalue weighted by Gasteiger charge is 2.15. The van der Waals surface area contributed by atoms with Crippen LogP contribution in [0, 0.1) is 12.8 Å². The highest BCUT2D eigenvalue weighted by molar-refractivity contribution is 5.89. The topological polar surface area (TPSA) is 63.6 Å². The molecule has 1 aromatic carbocycles. The van der Waals surface area contributed by atoms with Crippen molar-refractivity contribution in [2.24, 2.45) is 5.92 Å². The van der Waals surface area contributed by atoms with Gasteiger partial charge < -0.3 is 9.84 Å². The summed E-state index contributed by atoms with van der Waals surface area (Å²) in [5, 5.41) is 8.78. The Balaban J connectivity index is 2.37. The number of rotatable bonds is 6. The Morgan fingerprint density at radius 2 is 1.94 bits per heavy atom. The summed E-state index contributed by atoms with van der Waals surface area (Å²) in [6.45, 7) is 3.64. The number of carbonyl (C=O) groups is 2. The Bertz CT molecular complexity index is 372. The second-order valence-electron chi connectivity index (χ2n) is 3.61. The van der Waals surface area contributed by atoms with Gasteiger partial charge in [-0.1, -0.05) is 25.1 Å². The fraction of sp³-hybridized carbons (Fsp3) is 0.308. The Kier molecular flexibility index (Phi) is 5.20. The highest BCUT2D eigenvalue weighted by Crippen LogP contribution is 2.09. The van der Waals surface area contributed by atoms with Crippen molar-refractivity contribution in [3.05, 3.63) is 42.8 Å². The molecular formula is C13H15O4. The Morgan fingerprint density at radius 3 is 2.47 bits per heavy atom. The average molecular weight is 235 g/mol. The Morgan fingerprint density at radius 1 is 1.29 bits per heavy atom. The normalized spacial score (nSPS) is 11.8. The van der Waals surface area contributed by atoms with Crippen LogP contribution in [-0.2, 0) is 9.53 Å². The first-order valence-electron chi connectivity index (χ1n) is 5.39. The summed E-state index contributed by atoms with van der Waals surface area (Å²) < 4.78 is 4.98. The lowest BCUT2D eigenvalue weighted by Gasteiger charge is -2.09. The molecule has 0 aliphatic carbocycles. The first-order valence-corrected chi connectivity index (χ1v) is 5.39. The second-order valence-corrected chi connectivity index (χ2v) is 3.61. The fourth-order valence-electron chi connectivity index (χ4n) is 1.34. The van der Waals surface area contributed by atoms with E-state index in [1.165, 1.54) is 0 Å². The van der Waals surface area contributed by atoms with Crippen LogP contribution in [0.1, 0.15) is 23.2 Å². The molecule has 0 aliphatic heterocycles. The molecule has 17 heavy (non-hydrogen) atoms. The van der Waals surface area contributed by atoms with Gasteiger partial charge in [-0.3, -0.25) is 4.79 Å². The zero-order valence-corrected chi connectivity index (χ0v) is 9.46.